The lowest BCUT2D eigenvalue weighted by molar-refractivity contribution is 0.729. The van der Waals surface area contributed by atoms with Crippen LogP contribution in [0.4, 0.5) is 11.4 Å². The molecule has 0 atom stereocenters. The largest absolute Gasteiger partial charge is 0.385 e. The van der Waals surface area contributed by atoms with E-state index >= 15 is 0 Å². The van der Waals surface area contributed by atoms with E-state index in [4.69, 9.17) is 11.6 Å². The summed E-state index contributed by atoms with van der Waals surface area (Å²) in [6.45, 7) is 2.82. The molecule has 2 aromatic carbocycles. The monoisotopic (exact) mass is 363 g/mol. The van der Waals surface area contributed by atoms with Crippen molar-refractivity contribution in [1.82, 2.24) is 4.98 Å². The van der Waals surface area contributed by atoms with Crippen LogP contribution >= 0.6 is 11.6 Å². The number of aromatic nitrogens is 1. The average Bonchev–Trinajstić information content (AvgIpc) is 2.69. The zero-order valence-corrected chi connectivity index (χ0v) is 15.4. The van der Waals surface area contributed by atoms with Crippen LogP contribution < -0.4 is 10.2 Å². The van der Waals surface area contributed by atoms with Crippen LogP contribution in [-0.4, -0.2) is 18.1 Å². The molecule has 1 aromatic heterocycles. The highest BCUT2D eigenvalue weighted by molar-refractivity contribution is 6.30. The van der Waals surface area contributed by atoms with Gasteiger partial charge in [-0.2, -0.15) is 0 Å². The van der Waals surface area contributed by atoms with Crippen molar-refractivity contribution in [1.29, 1.82) is 0 Å². The highest BCUT2D eigenvalue weighted by Crippen LogP contribution is 2.26. The van der Waals surface area contributed by atoms with Gasteiger partial charge in [-0.3, -0.25) is 4.98 Å². The maximum atomic E-state index is 6.11. The highest BCUT2D eigenvalue weighted by atomic mass is 35.5. The van der Waals surface area contributed by atoms with E-state index in [2.05, 4.69) is 45.5 Å². The summed E-state index contributed by atoms with van der Waals surface area (Å²) in [6.07, 6.45) is 5.91. The Labute approximate surface area is 159 Å². The smallest absolute Gasteiger partial charge is 0.0558 e. The Bertz CT molecular complexity index is 880. The Morgan fingerprint density at radius 3 is 2.77 bits per heavy atom. The zero-order chi connectivity index (χ0) is 17.8. The summed E-state index contributed by atoms with van der Waals surface area (Å²) in [5.74, 6) is 0. The lowest BCUT2D eigenvalue weighted by Crippen LogP contribution is -2.30. The lowest BCUT2D eigenvalue weighted by Gasteiger charge is -2.30. The molecule has 1 N–H and O–H groups in total. The van der Waals surface area contributed by atoms with Gasteiger partial charge in [0.05, 0.1) is 11.9 Å². The Kier molecular flexibility index (Phi) is 5.07. The number of pyridine rings is 1. The van der Waals surface area contributed by atoms with Crippen LogP contribution in [0.5, 0.6) is 0 Å². The maximum Gasteiger partial charge on any atom is 0.0558 e. The third-order valence-electron chi connectivity index (χ3n) is 4.84. The number of nitrogens with zero attached hydrogens (tertiary/aromatic N) is 2. The molecule has 0 unspecified atom stereocenters. The number of halogens is 1. The normalized spacial score (nSPS) is 13.3. The number of benzene rings is 2. The summed E-state index contributed by atoms with van der Waals surface area (Å²) in [5.41, 5.74) is 6.33. The second kappa shape index (κ2) is 7.79. The first kappa shape index (κ1) is 16.9. The fourth-order valence-corrected chi connectivity index (χ4v) is 3.63. The van der Waals surface area contributed by atoms with E-state index in [9.17, 15) is 0 Å². The van der Waals surface area contributed by atoms with Gasteiger partial charge < -0.3 is 10.2 Å². The quantitative estimate of drug-likeness (QED) is 0.695. The Morgan fingerprint density at radius 1 is 1.00 bits per heavy atom. The molecule has 4 heteroatoms. The number of hydrogen-bond donors (Lipinski definition) is 1. The summed E-state index contributed by atoms with van der Waals surface area (Å²) in [7, 11) is 0. The minimum Gasteiger partial charge on any atom is -0.385 e. The van der Waals surface area contributed by atoms with Gasteiger partial charge in [0.2, 0.25) is 0 Å². The molecular weight excluding hydrogens is 342 g/mol. The molecule has 3 nitrogen and oxygen atoms in total. The fraction of sp³-hybridized carbons (Fsp3) is 0.227. The van der Waals surface area contributed by atoms with E-state index in [1.165, 1.54) is 22.4 Å². The molecule has 4 rings (SSSR count). The molecule has 0 radical (unpaired) electrons. The highest BCUT2D eigenvalue weighted by Gasteiger charge is 2.17. The van der Waals surface area contributed by atoms with Crippen molar-refractivity contribution >= 4 is 23.0 Å². The minimum absolute atomic E-state index is 0.826. The molecule has 1 aliphatic rings. The number of fused-ring (bicyclic) bond motifs is 1. The standard InChI is InChI=1S/C22H22ClN3/c23-20-7-6-19-16-26(11-9-18(19)13-20)22-12-17(14-24-15-22)8-10-25-21-4-2-1-3-5-21/h1-7,12-15,25H,8-11,16H2. The molecule has 0 bridgehead atoms. The molecule has 132 valence electrons. The van der Waals surface area contributed by atoms with Crippen LogP contribution in [0, 0.1) is 0 Å². The van der Waals surface area contributed by atoms with Gasteiger partial charge in [-0.05, 0) is 59.9 Å². The summed E-state index contributed by atoms with van der Waals surface area (Å²) >= 11 is 6.11. The molecular formula is C22H22ClN3. The second-order valence-corrected chi connectivity index (χ2v) is 7.12. The number of nitrogens with one attached hydrogen (secondary N) is 1. The number of hydrogen-bond acceptors (Lipinski definition) is 3. The first-order chi connectivity index (χ1) is 12.8. The molecule has 3 aromatic rings. The van der Waals surface area contributed by atoms with Gasteiger partial charge in [0, 0.05) is 36.5 Å². The van der Waals surface area contributed by atoms with E-state index in [1.54, 1.807) is 0 Å². The SMILES string of the molecule is Clc1ccc2c(c1)CCN(c1cncc(CCNc3ccccc3)c1)C2. The van der Waals surface area contributed by atoms with Crippen LogP contribution in [0.2, 0.25) is 5.02 Å². The van der Waals surface area contributed by atoms with Gasteiger partial charge >= 0.3 is 0 Å². The molecule has 0 amide bonds. The summed E-state index contributed by atoms with van der Waals surface area (Å²) < 4.78 is 0. The molecule has 0 spiro atoms. The van der Waals surface area contributed by atoms with Crippen molar-refractivity contribution in [2.24, 2.45) is 0 Å². The van der Waals surface area contributed by atoms with Gasteiger partial charge in [-0.15, -0.1) is 0 Å². The van der Waals surface area contributed by atoms with E-state index in [1.807, 2.05) is 36.7 Å². The predicted molar refractivity (Wildman–Crippen MR) is 109 cm³/mol. The number of para-hydroxylation sites is 1. The Morgan fingerprint density at radius 2 is 1.88 bits per heavy atom. The van der Waals surface area contributed by atoms with Gasteiger partial charge in [0.15, 0.2) is 0 Å². The van der Waals surface area contributed by atoms with Crippen molar-refractivity contribution in [3.63, 3.8) is 0 Å². The third-order valence-corrected chi connectivity index (χ3v) is 5.08. The van der Waals surface area contributed by atoms with Gasteiger partial charge in [0.1, 0.15) is 0 Å². The fourth-order valence-electron chi connectivity index (χ4n) is 3.43. The molecule has 1 aliphatic heterocycles. The molecule has 0 saturated carbocycles. The van der Waals surface area contributed by atoms with Crippen molar-refractivity contribution in [3.8, 4) is 0 Å². The van der Waals surface area contributed by atoms with Crippen LogP contribution in [0.3, 0.4) is 0 Å². The van der Waals surface area contributed by atoms with Gasteiger partial charge in [-0.25, -0.2) is 0 Å². The first-order valence-electron chi connectivity index (χ1n) is 9.03. The summed E-state index contributed by atoms with van der Waals surface area (Å²) in [4.78, 5) is 6.87. The van der Waals surface area contributed by atoms with Crippen molar-refractivity contribution in [3.05, 3.63) is 88.7 Å². The van der Waals surface area contributed by atoms with Crippen LogP contribution in [0.15, 0.2) is 67.0 Å². The molecule has 0 saturated heterocycles. The van der Waals surface area contributed by atoms with E-state index in [0.29, 0.717) is 0 Å². The molecule has 0 aliphatic carbocycles. The Balaban J connectivity index is 1.40. The van der Waals surface area contributed by atoms with Crippen molar-refractivity contribution < 1.29 is 0 Å². The zero-order valence-electron chi connectivity index (χ0n) is 14.7. The predicted octanol–water partition coefficient (Wildman–Crippen LogP) is 4.95. The third kappa shape index (κ3) is 4.00. The summed E-state index contributed by atoms with van der Waals surface area (Å²) in [6, 6.07) is 18.8. The Hall–Kier alpha value is -2.52. The van der Waals surface area contributed by atoms with E-state index in [-0.39, 0.29) is 0 Å². The first-order valence-corrected chi connectivity index (χ1v) is 9.41. The second-order valence-electron chi connectivity index (χ2n) is 6.68. The van der Waals surface area contributed by atoms with Crippen molar-refractivity contribution in [2.45, 2.75) is 19.4 Å². The van der Waals surface area contributed by atoms with Crippen molar-refractivity contribution in [2.75, 3.05) is 23.3 Å². The topological polar surface area (TPSA) is 28.2 Å². The summed E-state index contributed by atoms with van der Waals surface area (Å²) in [5, 5.41) is 4.28. The molecule has 0 fully saturated rings. The van der Waals surface area contributed by atoms with Gasteiger partial charge in [0.25, 0.3) is 0 Å². The maximum absolute atomic E-state index is 6.11. The molecule has 2 heterocycles. The average molecular weight is 364 g/mol. The minimum atomic E-state index is 0.826. The van der Waals surface area contributed by atoms with Crippen LogP contribution in [0.25, 0.3) is 0 Å². The van der Waals surface area contributed by atoms with E-state index < -0.39 is 0 Å². The number of anilines is 2. The van der Waals surface area contributed by atoms with E-state index in [0.717, 1.165) is 43.2 Å². The molecule has 26 heavy (non-hydrogen) atoms. The van der Waals surface area contributed by atoms with Crippen LogP contribution in [-0.2, 0) is 19.4 Å². The number of rotatable bonds is 5. The lowest BCUT2D eigenvalue weighted by atomic mass is 9.99. The van der Waals surface area contributed by atoms with Gasteiger partial charge in [-0.1, -0.05) is 35.9 Å². The van der Waals surface area contributed by atoms with Crippen LogP contribution in [0.1, 0.15) is 16.7 Å².